The van der Waals surface area contributed by atoms with Crippen molar-refractivity contribution in [2.45, 2.75) is 57.9 Å². The van der Waals surface area contributed by atoms with Crippen LogP contribution >= 0.6 is 24.0 Å². The Labute approximate surface area is 166 Å². The average molecular weight is 454 g/mol. The molecule has 0 aromatic carbocycles. The molecule has 0 aromatic heterocycles. The maximum atomic E-state index is 5.36. The van der Waals surface area contributed by atoms with E-state index in [1.165, 1.54) is 25.7 Å². The monoisotopic (exact) mass is 454 g/mol. The van der Waals surface area contributed by atoms with Gasteiger partial charge in [0.25, 0.3) is 0 Å². The zero-order valence-electron chi connectivity index (χ0n) is 16.4. The number of hydrogen-bond donors (Lipinski definition) is 2. The minimum Gasteiger partial charge on any atom is -0.382 e. The summed E-state index contributed by atoms with van der Waals surface area (Å²) in [6.07, 6.45) is 7.42. The molecule has 0 aromatic rings. The smallest absolute Gasteiger partial charge is 0.191 e. The zero-order chi connectivity index (χ0) is 17.1. The van der Waals surface area contributed by atoms with Crippen LogP contribution in [0.2, 0.25) is 0 Å². The largest absolute Gasteiger partial charge is 0.382 e. The normalized spacial score (nSPS) is 24.6. The number of hydrogen-bond acceptors (Lipinski definition) is 3. The molecule has 144 valence electrons. The van der Waals surface area contributed by atoms with E-state index in [2.05, 4.69) is 41.5 Å². The highest BCUT2D eigenvalue weighted by Crippen LogP contribution is 2.35. The molecule has 0 saturated heterocycles. The minimum atomic E-state index is 0. The van der Waals surface area contributed by atoms with Crippen molar-refractivity contribution in [2.24, 2.45) is 10.9 Å². The summed E-state index contributed by atoms with van der Waals surface area (Å²) in [7, 11) is 6.27. The lowest BCUT2D eigenvalue weighted by Gasteiger charge is -2.45. The van der Waals surface area contributed by atoms with Crippen LogP contribution in [0.1, 0.15) is 52.4 Å². The van der Waals surface area contributed by atoms with Crippen LogP contribution in [0.3, 0.4) is 0 Å². The van der Waals surface area contributed by atoms with Gasteiger partial charge in [-0.2, -0.15) is 0 Å². The first kappa shape index (κ1) is 23.9. The summed E-state index contributed by atoms with van der Waals surface area (Å²) < 4.78 is 5.36. The molecule has 0 bridgehead atoms. The fourth-order valence-corrected chi connectivity index (χ4v) is 3.51. The van der Waals surface area contributed by atoms with Gasteiger partial charge in [0.05, 0.1) is 0 Å². The van der Waals surface area contributed by atoms with Crippen molar-refractivity contribution in [3.8, 4) is 0 Å². The van der Waals surface area contributed by atoms with Gasteiger partial charge in [0.1, 0.15) is 0 Å². The Morgan fingerprint density at radius 2 is 2.04 bits per heavy atom. The summed E-state index contributed by atoms with van der Waals surface area (Å²) in [6, 6.07) is 0. The van der Waals surface area contributed by atoms with Crippen LogP contribution in [0, 0.1) is 5.92 Å². The van der Waals surface area contributed by atoms with Crippen molar-refractivity contribution in [1.82, 2.24) is 15.5 Å². The number of rotatable bonds is 9. The maximum Gasteiger partial charge on any atom is 0.191 e. The van der Waals surface area contributed by atoms with E-state index in [1.807, 2.05) is 14.0 Å². The fraction of sp³-hybridized carbons (Fsp3) is 0.944. The van der Waals surface area contributed by atoms with Gasteiger partial charge in [-0.1, -0.05) is 19.8 Å². The van der Waals surface area contributed by atoms with Gasteiger partial charge in [0.15, 0.2) is 5.96 Å². The Balaban J connectivity index is 0.00000529. The zero-order valence-corrected chi connectivity index (χ0v) is 18.7. The van der Waals surface area contributed by atoms with Crippen molar-refractivity contribution in [2.75, 3.05) is 47.4 Å². The van der Waals surface area contributed by atoms with Gasteiger partial charge in [-0.05, 0) is 52.6 Å². The Hall–Kier alpha value is -0.0800. The van der Waals surface area contributed by atoms with E-state index < -0.39 is 0 Å². The molecule has 5 nitrogen and oxygen atoms in total. The summed E-state index contributed by atoms with van der Waals surface area (Å²) in [4.78, 5) is 6.77. The first-order valence-electron chi connectivity index (χ1n) is 9.23. The van der Waals surface area contributed by atoms with Crippen LogP contribution in [-0.2, 0) is 4.74 Å². The molecule has 2 unspecified atom stereocenters. The molecule has 6 heteroatoms. The minimum absolute atomic E-state index is 0. The second-order valence-electron chi connectivity index (χ2n) is 7.08. The van der Waals surface area contributed by atoms with E-state index >= 15 is 0 Å². The van der Waals surface area contributed by atoms with Crippen LogP contribution in [0.5, 0.6) is 0 Å². The Kier molecular flexibility index (Phi) is 13.1. The van der Waals surface area contributed by atoms with E-state index in [4.69, 9.17) is 4.74 Å². The van der Waals surface area contributed by atoms with Gasteiger partial charge in [-0.15, -0.1) is 24.0 Å². The lowest BCUT2D eigenvalue weighted by Crippen LogP contribution is -2.56. The van der Waals surface area contributed by atoms with Crippen molar-refractivity contribution < 1.29 is 4.74 Å². The van der Waals surface area contributed by atoms with Gasteiger partial charge in [0.2, 0.25) is 0 Å². The predicted octanol–water partition coefficient (Wildman–Crippen LogP) is 3.10. The molecule has 1 aliphatic rings. The molecule has 1 rings (SSSR count). The van der Waals surface area contributed by atoms with Crippen LogP contribution in [-0.4, -0.2) is 63.8 Å². The lowest BCUT2D eigenvalue weighted by atomic mass is 9.75. The van der Waals surface area contributed by atoms with Crippen molar-refractivity contribution >= 4 is 29.9 Å². The summed E-state index contributed by atoms with van der Waals surface area (Å²) in [5, 5.41) is 6.97. The molecular weight excluding hydrogens is 415 g/mol. The van der Waals surface area contributed by atoms with Gasteiger partial charge >= 0.3 is 0 Å². The molecule has 24 heavy (non-hydrogen) atoms. The number of halogens is 1. The SMILES string of the molecule is CCOCCCCNC(=NC)NCC1(N(C)C)CCCC(C)C1.I. The lowest BCUT2D eigenvalue weighted by molar-refractivity contribution is 0.0795. The van der Waals surface area contributed by atoms with E-state index in [9.17, 15) is 0 Å². The van der Waals surface area contributed by atoms with Gasteiger partial charge in [-0.25, -0.2) is 0 Å². The third-order valence-corrected chi connectivity index (χ3v) is 5.04. The third kappa shape index (κ3) is 8.34. The maximum absolute atomic E-state index is 5.36. The molecule has 2 N–H and O–H groups in total. The second kappa shape index (κ2) is 13.2. The Morgan fingerprint density at radius 1 is 1.29 bits per heavy atom. The number of nitrogens with one attached hydrogen (secondary N) is 2. The van der Waals surface area contributed by atoms with Crippen molar-refractivity contribution in [1.29, 1.82) is 0 Å². The highest BCUT2D eigenvalue weighted by atomic mass is 127. The number of nitrogens with zero attached hydrogens (tertiary/aromatic N) is 2. The molecule has 0 amide bonds. The Morgan fingerprint density at radius 3 is 2.62 bits per heavy atom. The van der Waals surface area contributed by atoms with E-state index in [0.29, 0.717) is 0 Å². The highest BCUT2D eigenvalue weighted by molar-refractivity contribution is 14.0. The highest BCUT2D eigenvalue weighted by Gasteiger charge is 2.36. The average Bonchev–Trinajstić information content (AvgIpc) is 2.53. The van der Waals surface area contributed by atoms with Gasteiger partial charge in [0, 0.05) is 38.9 Å². The molecule has 1 saturated carbocycles. The van der Waals surface area contributed by atoms with E-state index in [1.54, 1.807) is 0 Å². The van der Waals surface area contributed by atoms with E-state index in [-0.39, 0.29) is 29.5 Å². The second-order valence-corrected chi connectivity index (χ2v) is 7.08. The summed E-state index contributed by atoms with van der Waals surface area (Å²) >= 11 is 0. The quantitative estimate of drug-likeness (QED) is 0.243. The number of unbranched alkanes of at least 4 members (excludes halogenated alkanes) is 1. The number of ether oxygens (including phenoxy) is 1. The molecule has 0 radical (unpaired) electrons. The molecule has 1 aliphatic carbocycles. The molecular formula is C18H39IN4O. The molecule has 0 spiro atoms. The fourth-order valence-electron chi connectivity index (χ4n) is 3.51. The third-order valence-electron chi connectivity index (χ3n) is 5.04. The predicted molar refractivity (Wildman–Crippen MR) is 115 cm³/mol. The number of guanidine groups is 1. The first-order valence-corrected chi connectivity index (χ1v) is 9.23. The topological polar surface area (TPSA) is 48.9 Å². The first-order chi connectivity index (χ1) is 11.0. The number of likely N-dealkylation sites (N-methyl/N-ethyl adjacent to an activating group) is 1. The van der Waals surface area contributed by atoms with Gasteiger partial charge < -0.3 is 20.3 Å². The number of aliphatic imine (C=N–C) groups is 1. The van der Waals surface area contributed by atoms with Crippen LogP contribution in [0.25, 0.3) is 0 Å². The summed E-state index contributed by atoms with van der Waals surface area (Å²) in [5.41, 5.74) is 0.254. The van der Waals surface area contributed by atoms with Crippen molar-refractivity contribution in [3.63, 3.8) is 0 Å². The molecule has 1 fully saturated rings. The van der Waals surface area contributed by atoms with Gasteiger partial charge in [-0.3, -0.25) is 4.99 Å². The van der Waals surface area contributed by atoms with Crippen molar-refractivity contribution in [3.05, 3.63) is 0 Å². The van der Waals surface area contributed by atoms with Crippen LogP contribution < -0.4 is 10.6 Å². The summed E-state index contributed by atoms with van der Waals surface area (Å²) in [5.74, 6) is 1.72. The molecule has 0 aliphatic heterocycles. The Bertz CT molecular complexity index is 352. The van der Waals surface area contributed by atoms with Crippen LogP contribution in [0.15, 0.2) is 4.99 Å². The summed E-state index contributed by atoms with van der Waals surface area (Å²) in [6.45, 7) is 7.98. The standard InChI is InChI=1S/C18H38N4O.HI/c1-6-23-13-8-7-12-20-17(19-3)21-15-18(22(4)5)11-9-10-16(2)14-18;/h16H,6-15H2,1-5H3,(H2,19,20,21);1H. The molecule has 0 heterocycles. The van der Waals surface area contributed by atoms with Crippen LogP contribution in [0.4, 0.5) is 0 Å². The van der Waals surface area contributed by atoms with E-state index in [0.717, 1.165) is 51.0 Å². The molecule has 2 atom stereocenters.